The zero-order valence-electron chi connectivity index (χ0n) is 12.7. The predicted octanol–water partition coefficient (Wildman–Crippen LogP) is 3.25. The lowest BCUT2D eigenvalue weighted by Crippen LogP contribution is -2.24. The Morgan fingerprint density at radius 2 is 1.70 bits per heavy atom. The molecule has 0 aromatic heterocycles. The molecule has 2 aromatic rings. The van der Waals surface area contributed by atoms with Crippen molar-refractivity contribution in [2.75, 3.05) is 11.9 Å². The highest BCUT2D eigenvalue weighted by Gasteiger charge is 2.11. The Bertz CT molecular complexity index is 721. The van der Waals surface area contributed by atoms with Gasteiger partial charge in [-0.15, -0.1) is 6.58 Å². The molecule has 2 N–H and O–H groups in total. The van der Waals surface area contributed by atoms with Crippen molar-refractivity contribution in [3.63, 3.8) is 0 Å². The van der Waals surface area contributed by atoms with Gasteiger partial charge in [-0.3, -0.25) is 9.59 Å². The average molecular weight is 306 g/mol. The van der Waals surface area contributed by atoms with E-state index in [1.54, 1.807) is 36.4 Å². The Morgan fingerprint density at radius 1 is 1.00 bits per heavy atom. The lowest BCUT2D eigenvalue weighted by Gasteiger charge is -2.09. The second-order valence-electron chi connectivity index (χ2n) is 4.78. The highest BCUT2D eigenvalue weighted by molar-refractivity contribution is 6.07. The first-order valence-corrected chi connectivity index (χ1v) is 7.23. The minimum atomic E-state index is -0.294. The summed E-state index contributed by atoms with van der Waals surface area (Å²) in [7, 11) is 0. The minimum absolute atomic E-state index is 0.257. The first kappa shape index (κ1) is 16.2. The van der Waals surface area contributed by atoms with Gasteiger partial charge in [-0.05, 0) is 23.8 Å². The number of benzene rings is 2. The number of hydrogen-bond acceptors (Lipinski definition) is 2. The van der Waals surface area contributed by atoms with Gasteiger partial charge in [0.25, 0.3) is 5.91 Å². The molecule has 23 heavy (non-hydrogen) atoms. The second kappa shape index (κ2) is 8.34. The lowest BCUT2D eigenvalue weighted by atomic mass is 10.1. The van der Waals surface area contributed by atoms with E-state index in [2.05, 4.69) is 17.2 Å². The van der Waals surface area contributed by atoms with Crippen molar-refractivity contribution >= 4 is 23.6 Å². The molecule has 0 unspecified atom stereocenters. The van der Waals surface area contributed by atoms with Crippen molar-refractivity contribution in [2.24, 2.45) is 0 Å². The smallest absolute Gasteiger partial charge is 0.253 e. The quantitative estimate of drug-likeness (QED) is 0.636. The number of nitrogens with one attached hydrogen (secondary N) is 2. The number of para-hydroxylation sites is 1. The van der Waals surface area contributed by atoms with E-state index >= 15 is 0 Å². The Morgan fingerprint density at radius 3 is 2.43 bits per heavy atom. The largest absolute Gasteiger partial charge is 0.349 e. The van der Waals surface area contributed by atoms with Gasteiger partial charge in [-0.2, -0.15) is 0 Å². The molecular formula is C19H18N2O2. The van der Waals surface area contributed by atoms with Gasteiger partial charge in [0.2, 0.25) is 5.91 Å². The molecule has 2 amide bonds. The van der Waals surface area contributed by atoms with Crippen LogP contribution in [0.5, 0.6) is 0 Å². The molecule has 0 fully saturated rings. The third-order valence-corrected chi connectivity index (χ3v) is 3.06. The molecule has 2 rings (SSSR count). The molecule has 2 aromatic carbocycles. The summed E-state index contributed by atoms with van der Waals surface area (Å²) in [4.78, 5) is 24.1. The first-order valence-electron chi connectivity index (χ1n) is 7.23. The van der Waals surface area contributed by atoms with Crippen LogP contribution < -0.4 is 10.6 Å². The molecule has 0 atom stereocenters. The summed E-state index contributed by atoms with van der Waals surface area (Å²) in [5, 5.41) is 5.42. The molecule has 0 saturated heterocycles. The number of carbonyl (C=O) groups is 2. The molecule has 0 heterocycles. The van der Waals surface area contributed by atoms with Gasteiger partial charge < -0.3 is 10.6 Å². The van der Waals surface area contributed by atoms with Crippen LogP contribution in [0.15, 0.2) is 73.3 Å². The fraction of sp³-hybridized carbons (Fsp3) is 0.0526. The van der Waals surface area contributed by atoms with Crippen molar-refractivity contribution in [1.29, 1.82) is 0 Å². The van der Waals surface area contributed by atoms with E-state index in [1.165, 1.54) is 6.08 Å². The van der Waals surface area contributed by atoms with Gasteiger partial charge in [0.15, 0.2) is 0 Å². The van der Waals surface area contributed by atoms with Crippen LogP contribution in [0.1, 0.15) is 15.9 Å². The Balaban J connectivity index is 2.07. The zero-order chi connectivity index (χ0) is 16.5. The number of hydrogen-bond donors (Lipinski definition) is 2. The molecule has 4 nitrogen and oxygen atoms in total. The van der Waals surface area contributed by atoms with E-state index in [0.29, 0.717) is 17.8 Å². The van der Waals surface area contributed by atoms with Crippen LogP contribution in [0.25, 0.3) is 6.08 Å². The number of amides is 2. The normalized spacial score (nSPS) is 10.3. The maximum absolute atomic E-state index is 12.1. The molecule has 0 bridgehead atoms. The molecule has 4 heteroatoms. The number of rotatable bonds is 6. The van der Waals surface area contributed by atoms with Gasteiger partial charge in [0.1, 0.15) is 0 Å². The van der Waals surface area contributed by atoms with Crippen LogP contribution in [0.4, 0.5) is 5.69 Å². The van der Waals surface area contributed by atoms with Crippen molar-refractivity contribution in [3.05, 3.63) is 84.5 Å². The molecule has 0 saturated carbocycles. The summed E-state index contributed by atoms with van der Waals surface area (Å²) in [6, 6.07) is 16.4. The van der Waals surface area contributed by atoms with E-state index in [4.69, 9.17) is 0 Å². The van der Waals surface area contributed by atoms with E-state index < -0.39 is 0 Å². The fourth-order valence-electron chi connectivity index (χ4n) is 1.96. The van der Waals surface area contributed by atoms with Crippen molar-refractivity contribution in [1.82, 2.24) is 5.32 Å². The van der Waals surface area contributed by atoms with Gasteiger partial charge in [-0.25, -0.2) is 0 Å². The number of carbonyl (C=O) groups excluding carboxylic acids is 2. The molecule has 0 aliphatic heterocycles. The Kier molecular flexibility index (Phi) is 5.89. The maximum atomic E-state index is 12.1. The van der Waals surface area contributed by atoms with Crippen LogP contribution in [0, 0.1) is 0 Å². The zero-order valence-corrected chi connectivity index (χ0v) is 12.7. The molecule has 0 aliphatic rings. The summed E-state index contributed by atoms with van der Waals surface area (Å²) in [6.45, 7) is 3.93. The van der Waals surface area contributed by atoms with Crippen molar-refractivity contribution < 1.29 is 9.59 Å². The summed E-state index contributed by atoms with van der Waals surface area (Å²) in [5.74, 6) is -0.550. The second-order valence-corrected chi connectivity index (χ2v) is 4.78. The first-order chi connectivity index (χ1) is 11.2. The molecule has 0 spiro atoms. The van der Waals surface area contributed by atoms with Gasteiger partial charge in [0.05, 0.1) is 11.3 Å². The van der Waals surface area contributed by atoms with Crippen LogP contribution in [0.2, 0.25) is 0 Å². The molecule has 0 aliphatic carbocycles. The third kappa shape index (κ3) is 4.97. The Hall–Kier alpha value is -3.14. The third-order valence-electron chi connectivity index (χ3n) is 3.06. The summed E-state index contributed by atoms with van der Waals surface area (Å²) < 4.78 is 0. The SMILES string of the molecule is C=CCNC(=O)c1ccccc1NC(=O)C=Cc1ccccc1. The lowest BCUT2D eigenvalue weighted by molar-refractivity contribution is -0.111. The Labute approximate surface area is 135 Å². The van der Waals surface area contributed by atoms with Gasteiger partial charge in [-0.1, -0.05) is 48.5 Å². The topological polar surface area (TPSA) is 58.2 Å². The fourth-order valence-corrected chi connectivity index (χ4v) is 1.96. The van der Waals surface area contributed by atoms with Crippen LogP contribution >= 0.6 is 0 Å². The summed E-state index contributed by atoms with van der Waals surface area (Å²) >= 11 is 0. The van der Waals surface area contributed by atoms with Crippen LogP contribution in [-0.2, 0) is 4.79 Å². The monoisotopic (exact) mass is 306 g/mol. The molecular weight excluding hydrogens is 288 g/mol. The maximum Gasteiger partial charge on any atom is 0.253 e. The number of anilines is 1. The van der Waals surface area contributed by atoms with E-state index in [1.807, 2.05) is 30.3 Å². The summed E-state index contributed by atoms with van der Waals surface area (Å²) in [6.07, 6.45) is 4.76. The highest BCUT2D eigenvalue weighted by atomic mass is 16.2. The van der Waals surface area contributed by atoms with E-state index in [0.717, 1.165) is 5.56 Å². The molecule has 116 valence electrons. The van der Waals surface area contributed by atoms with Gasteiger partial charge >= 0.3 is 0 Å². The van der Waals surface area contributed by atoms with Crippen LogP contribution in [-0.4, -0.2) is 18.4 Å². The standard InChI is InChI=1S/C19H18N2O2/c1-2-14-20-19(23)16-10-6-7-11-17(16)21-18(22)13-12-15-8-4-3-5-9-15/h2-13H,1,14H2,(H,20,23)(H,21,22). The molecule has 0 radical (unpaired) electrons. The van der Waals surface area contributed by atoms with E-state index in [9.17, 15) is 9.59 Å². The van der Waals surface area contributed by atoms with Crippen molar-refractivity contribution in [2.45, 2.75) is 0 Å². The average Bonchev–Trinajstić information content (AvgIpc) is 2.59. The van der Waals surface area contributed by atoms with E-state index in [-0.39, 0.29) is 11.8 Å². The highest BCUT2D eigenvalue weighted by Crippen LogP contribution is 2.15. The van der Waals surface area contributed by atoms with Crippen molar-refractivity contribution in [3.8, 4) is 0 Å². The minimum Gasteiger partial charge on any atom is -0.349 e. The predicted molar refractivity (Wildman–Crippen MR) is 93.1 cm³/mol. The summed E-state index contributed by atoms with van der Waals surface area (Å²) in [5.41, 5.74) is 1.81. The van der Waals surface area contributed by atoms with Crippen LogP contribution in [0.3, 0.4) is 0 Å². The van der Waals surface area contributed by atoms with Gasteiger partial charge in [0, 0.05) is 12.6 Å².